The van der Waals surface area contributed by atoms with Crippen LogP contribution >= 0.6 is 0 Å². The van der Waals surface area contributed by atoms with Gasteiger partial charge >= 0.3 is 5.97 Å². The first-order valence-corrected chi connectivity index (χ1v) is 10.4. The number of aliphatic hydroxyl groups is 3. The van der Waals surface area contributed by atoms with E-state index in [2.05, 4.69) is 0 Å². The van der Waals surface area contributed by atoms with Crippen molar-refractivity contribution in [3.05, 3.63) is 23.3 Å². The normalized spacial score (nSPS) is 36.3. The molecule has 9 heteroatoms. The van der Waals surface area contributed by atoms with Crippen LogP contribution in [-0.2, 0) is 20.6 Å². The number of hydrogen-bond acceptors (Lipinski definition) is 9. The number of aliphatic hydroxyl groups excluding tert-OH is 3. The molecule has 0 saturated carbocycles. The lowest BCUT2D eigenvalue weighted by Crippen LogP contribution is -2.37. The number of benzene rings is 1. The zero-order chi connectivity index (χ0) is 21.4. The summed E-state index contributed by atoms with van der Waals surface area (Å²) in [5.74, 6) is -0.704. The van der Waals surface area contributed by atoms with Gasteiger partial charge in [0.15, 0.2) is 0 Å². The third-order valence-corrected chi connectivity index (χ3v) is 5.92. The van der Waals surface area contributed by atoms with Crippen molar-refractivity contribution >= 4 is 5.97 Å². The van der Waals surface area contributed by atoms with Gasteiger partial charge < -0.3 is 39.4 Å². The number of hydrogen-bond donors (Lipinski definition) is 4. The quantitative estimate of drug-likeness (QED) is 0.502. The number of fused-ring (bicyclic) bond motifs is 1. The average molecular weight is 424 g/mol. The molecular formula is C21H28O9. The molecule has 0 amide bonds. The molecule has 2 saturated heterocycles. The number of rotatable bonds is 5. The number of phenols is 1. The monoisotopic (exact) mass is 424 g/mol. The van der Waals surface area contributed by atoms with E-state index >= 15 is 0 Å². The summed E-state index contributed by atoms with van der Waals surface area (Å²) in [4.78, 5) is 12.8. The summed E-state index contributed by atoms with van der Waals surface area (Å²) in [6.07, 6.45) is -1.21. The van der Waals surface area contributed by atoms with E-state index in [1.54, 1.807) is 0 Å². The van der Waals surface area contributed by atoms with Gasteiger partial charge in [0.1, 0.15) is 41.5 Å². The fourth-order valence-electron chi connectivity index (χ4n) is 4.42. The van der Waals surface area contributed by atoms with Crippen LogP contribution in [-0.4, -0.2) is 75.9 Å². The van der Waals surface area contributed by atoms with Crippen LogP contribution in [0.3, 0.4) is 0 Å². The first-order chi connectivity index (χ1) is 14.4. The molecule has 1 aromatic rings. The Labute approximate surface area is 174 Å². The Morgan fingerprint density at radius 2 is 1.93 bits per heavy atom. The number of cyclic esters (lactones) is 1. The van der Waals surface area contributed by atoms with Gasteiger partial charge in [0.05, 0.1) is 18.8 Å². The van der Waals surface area contributed by atoms with Crippen molar-refractivity contribution in [3.8, 4) is 11.5 Å². The lowest BCUT2D eigenvalue weighted by molar-refractivity contribution is -0.117. The van der Waals surface area contributed by atoms with E-state index in [0.717, 1.165) is 19.3 Å². The van der Waals surface area contributed by atoms with E-state index in [-0.39, 0.29) is 35.4 Å². The molecule has 9 nitrogen and oxygen atoms in total. The lowest BCUT2D eigenvalue weighted by Gasteiger charge is -2.33. The van der Waals surface area contributed by atoms with Crippen molar-refractivity contribution in [1.82, 2.24) is 0 Å². The van der Waals surface area contributed by atoms with Gasteiger partial charge in [-0.05, 0) is 37.8 Å². The van der Waals surface area contributed by atoms with Gasteiger partial charge in [-0.1, -0.05) is 0 Å². The second-order valence-corrected chi connectivity index (χ2v) is 8.27. The topological polar surface area (TPSA) is 135 Å². The lowest BCUT2D eigenvalue weighted by atomic mass is 9.92. The molecule has 3 heterocycles. The van der Waals surface area contributed by atoms with Gasteiger partial charge in [-0.25, -0.2) is 4.79 Å². The van der Waals surface area contributed by atoms with Crippen LogP contribution in [0.25, 0.3) is 0 Å². The highest BCUT2D eigenvalue weighted by Crippen LogP contribution is 2.37. The van der Waals surface area contributed by atoms with Crippen molar-refractivity contribution < 1.29 is 44.2 Å². The summed E-state index contributed by atoms with van der Waals surface area (Å²) in [5.41, 5.74) is 0.724. The van der Waals surface area contributed by atoms with Gasteiger partial charge in [-0.2, -0.15) is 0 Å². The summed E-state index contributed by atoms with van der Waals surface area (Å²) in [7, 11) is 0. The van der Waals surface area contributed by atoms with Crippen LogP contribution in [0.2, 0.25) is 0 Å². The number of carbonyl (C=O) groups excluding carboxylic acids is 1. The highest BCUT2D eigenvalue weighted by Gasteiger charge is 2.45. The molecule has 4 rings (SSSR count). The molecule has 166 valence electrons. The van der Waals surface area contributed by atoms with Crippen molar-refractivity contribution in [2.75, 3.05) is 6.61 Å². The van der Waals surface area contributed by atoms with Crippen molar-refractivity contribution in [1.29, 1.82) is 0 Å². The fourth-order valence-corrected chi connectivity index (χ4v) is 4.42. The van der Waals surface area contributed by atoms with Crippen LogP contribution in [0.4, 0.5) is 0 Å². The molecule has 0 radical (unpaired) electrons. The molecule has 0 spiro atoms. The summed E-state index contributed by atoms with van der Waals surface area (Å²) in [5, 5.41) is 39.4. The standard InChI is InChI=1S/C21H28O9/c1-10-3-2-4-13(27-10)8-14-6-11-5-12(23)7-15(17(11)20(26)28-14)29-21-19(25)18(24)16(9-22)30-21/h5,7,10,13-14,16,18-19,21-25H,2-4,6,8-9H2,1H3. The second-order valence-electron chi connectivity index (χ2n) is 8.27. The number of phenolic OH excluding ortho intramolecular Hbond substituents is 1. The molecule has 0 aromatic heterocycles. The minimum atomic E-state index is -1.42. The Morgan fingerprint density at radius 3 is 2.63 bits per heavy atom. The molecule has 7 atom stereocenters. The van der Waals surface area contributed by atoms with Crippen LogP contribution < -0.4 is 4.74 Å². The minimum absolute atomic E-state index is 0.00849. The first-order valence-electron chi connectivity index (χ1n) is 10.4. The van der Waals surface area contributed by atoms with E-state index in [0.29, 0.717) is 18.4 Å². The average Bonchev–Trinajstić information content (AvgIpc) is 2.95. The molecule has 30 heavy (non-hydrogen) atoms. The smallest absolute Gasteiger partial charge is 0.342 e. The number of aromatic hydroxyl groups is 1. The zero-order valence-corrected chi connectivity index (χ0v) is 16.8. The van der Waals surface area contributed by atoms with Gasteiger partial charge in [0.2, 0.25) is 6.29 Å². The Balaban J connectivity index is 1.51. The maximum absolute atomic E-state index is 12.8. The van der Waals surface area contributed by atoms with Gasteiger partial charge in [-0.15, -0.1) is 0 Å². The zero-order valence-electron chi connectivity index (χ0n) is 16.8. The maximum Gasteiger partial charge on any atom is 0.342 e. The Morgan fingerprint density at radius 1 is 1.13 bits per heavy atom. The molecule has 7 unspecified atom stereocenters. The number of ether oxygens (including phenoxy) is 4. The summed E-state index contributed by atoms with van der Waals surface area (Å²) < 4.78 is 22.5. The van der Waals surface area contributed by atoms with Gasteiger partial charge in [0, 0.05) is 18.9 Å². The highest BCUT2D eigenvalue weighted by molar-refractivity contribution is 5.95. The van der Waals surface area contributed by atoms with Crippen LogP contribution in [0.15, 0.2) is 12.1 Å². The summed E-state index contributed by atoms with van der Waals surface area (Å²) in [6, 6.07) is 2.73. The maximum atomic E-state index is 12.8. The van der Waals surface area contributed by atoms with Gasteiger partial charge in [0.25, 0.3) is 0 Å². The van der Waals surface area contributed by atoms with E-state index < -0.39 is 37.2 Å². The van der Waals surface area contributed by atoms with Gasteiger partial charge in [-0.3, -0.25) is 0 Å². The van der Waals surface area contributed by atoms with Crippen LogP contribution in [0, 0.1) is 0 Å². The SMILES string of the molecule is CC1CCCC(CC2Cc3cc(O)cc(OC4OC(CO)C(O)C4O)c3C(=O)O2)O1. The second kappa shape index (κ2) is 8.68. The molecule has 0 bridgehead atoms. The molecule has 3 aliphatic rings. The van der Waals surface area contributed by atoms with E-state index in [9.17, 15) is 25.2 Å². The molecular weight excluding hydrogens is 396 g/mol. The molecule has 3 aliphatic heterocycles. The Hall–Kier alpha value is -1.91. The third kappa shape index (κ3) is 4.26. The van der Waals surface area contributed by atoms with Crippen molar-refractivity contribution in [3.63, 3.8) is 0 Å². The largest absolute Gasteiger partial charge is 0.508 e. The van der Waals surface area contributed by atoms with Crippen molar-refractivity contribution in [2.24, 2.45) is 0 Å². The Bertz CT molecular complexity index is 782. The molecule has 4 N–H and O–H groups in total. The molecule has 2 fully saturated rings. The van der Waals surface area contributed by atoms with E-state index in [4.69, 9.17) is 18.9 Å². The Kier molecular flexibility index (Phi) is 6.17. The first kappa shape index (κ1) is 21.3. The summed E-state index contributed by atoms with van der Waals surface area (Å²) in [6.45, 7) is 1.54. The van der Waals surface area contributed by atoms with E-state index in [1.807, 2.05) is 6.92 Å². The summed E-state index contributed by atoms with van der Waals surface area (Å²) >= 11 is 0. The van der Waals surface area contributed by atoms with Crippen LogP contribution in [0.1, 0.15) is 48.5 Å². The molecule has 1 aromatic carbocycles. The predicted octanol–water partition coefficient (Wildman–Crippen LogP) is 0.639. The van der Waals surface area contributed by atoms with Crippen LogP contribution in [0.5, 0.6) is 11.5 Å². The number of esters is 1. The third-order valence-electron chi connectivity index (χ3n) is 5.92. The fraction of sp³-hybridized carbons (Fsp3) is 0.667. The van der Waals surface area contributed by atoms with E-state index in [1.165, 1.54) is 12.1 Å². The predicted molar refractivity (Wildman–Crippen MR) is 102 cm³/mol. The minimum Gasteiger partial charge on any atom is -0.508 e. The van der Waals surface area contributed by atoms with Crippen molar-refractivity contribution in [2.45, 2.75) is 81.9 Å². The highest BCUT2D eigenvalue weighted by atomic mass is 16.7. The molecule has 0 aliphatic carbocycles. The number of carbonyl (C=O) groups is 1.